The molecular formula is C17H23F3N2. The number of nitrogens with zero attached hydrogens (tertiary/aromatic N) is 1. The summed E-state index contributed by atoms with van der Waals surface area (Å²) in [6.07, 6.45) is 1.50. The predicted molar refractivity (Wildman–Crippen MR) is 80.1 cm³/mol. The summed E-state index contributed by atoms with van der Waals surface area (Å²) in [7, 11) is 0. The van der Waals surface area contributed by atoms with E-state index < -0.39 is 11.7 Å². The molecule has 0 bridgehead atoms. The highest BCUT2D eigenvalue weighted by molar-refractivity contribution is 5.35. The summed E-state index contributed by atoms with van der Waals surface area (Å²) in [6, 6.07) is 4.52. The molecule has 122 valence electrons. The van der Waals surface area contributed by atoms with Crippen molar-refractivity contribution in [1.29, 1.82) is 0 Å². The van der Waals surface area contributed by atoms with Gasteiger partial charge in [-0.2, -0.15) is 13.2 Å². The Balaban J connectivity index is 1.54. The van der Waals surface area contributed by atoms with Gasteiger partial charge in [0, 0.05) is 19.1 Å². The normalized spacial score (nSPS) is 26.2. The van der Waals surface area contributed by atoms with Gasteiger partial charge in [-0.05, 0) is 67.8 Å². The standard InChI is InChI=1S/C17H23F3N2/c18-17(19,20)15-4-3-13-10-22(11-14(13)9-15)8-7-12-1-5-16(21)6-2-12/h3-4,9,12,16H,1-2,5-8,10-11,21H2. The number of hydrogen-bond acceptors (Lipinski definition) is 2. The van der Waals surface area contributed by atoms with Gasteiger partial charge in [-0.25, -0.2) is 0 Å². The lowest BCUT2D eigenvalue weighted by Crippen LogP contribution is -2.28. The van der Waals surface area contributed by atoms with Gasteiger partial charge in [0.25, 0.3) is 0 Å². The zero-order valence-electron chi connectivity index (χ0n) is 12.7. The molecule has 0 radical (unpaired) electrons. The molecule has 0 spiro atoms. The van der Waals surface area contributed by atoms with Crippen LogP contribution in [0.2, 0.25) is 0 Å². The molecular weight excluding hydrogens is 289 g/mol. The SMILES string of the molecule is NC1CCC(CCN2Cc3ccc(C(F)(F)F)cc3C2)CC1. The zero-order chi connectivity index (χ0) is 15.7. The van der Waals surface area contributed by atoms with Crippen molar-refractivity contribution in [1.82, 2.24) is 4.90 Å². The molecule has 1 aromatic rings. The van der Waals surface area contributed by atoms with Crippen molar-refractivity contribution in [3.63, 3.8) is 0 Å². The fourth-order valence-corrected chi connectivity index (χ4v) is 3.64. The van der Waals surface area contributed by atoms with Gasteiger partial charge in [0.15, 0.2) is 0 Å². The van der Waals surface area contributed by atoms with Crippen molar-refractivity contribution in [3.05, 3.63) is 34.9 Å². The predicted octanol–water partition coefficient (Wildman–Crippen LogP) is 3.93. The quantitative estimate of drug-likeness (QED) is 0.916. The first-order chi connectivity index (χ1) is 10.4. The van der Waals surface area contributed by atoms with Crippen LogP contribution >= 0.6 is 0 Å². The van der Waals surface area contributed by atoms with Crippen LogP contribution in [-0.2, 0) is 19.3 Å². The number of alkyl halides is 3. The van der Waals surface area contributed by atoms with E-state index in [4.69, 9.17) is 5.73 Å². The second kappa shape index (κ2) is 6.20. The maximum atomic E-state index is 12.8. The highest BCUT2D eigenvalue weighted by Crippen LogP contribution is 2.34. The van der Waals surface area contributed by atoms with E-state index in [-0.39, 0.29) is 0 Å². The molecule has 0 amide bonds. The summed E-state index contributed by atoms with van der Waals surface area (Å²) < 4.78 is 38.3. The van der Waals surface area contributed by atoms with Crippen molar-refractivity contribution >= 4 is 0 Å². The summed E-state index contributed by atoms with van der Waals surface area (Å²) in [6.45, 7) is 2.39. The monoisotopic (exact) mass is 312 g/mol. The molecule has 1 aliphatic carbocycles. The van der Waals surface area contributed by atoms with Gasteiger partial charge < -0.3 is 5.73 Å². The Labute approximate surface area is 129 Å². The summed E-state index contributed by atoms with van der Waals surface area (Å²) >= 11 is 0. The van der Waals surface area contributed by atoms with Crippen LogP contribution in [0.4, 0.5) is 13.2 Å². The maximum absolute atomic E-state index is 12.8. The summed E-state index contributed by atoms with van der Waals surface area (Å²) in [5, 5.41) is 0. The lowest BCUT2D eigenvalue weighted by atomic mass is 9.84. The number of hydrogen-bond donors (Lipinski definition) is 1. The van der Waals surface area contributed by atoms with Crippen LogP contribution in [0.1, 0.15) is 48.8 Å². The molecule has 2 nitrogen and oxygen atoms in total. The molecule has 3 rings (SSSR count). The van der Waals surface area contributed by atoms with Gasteiger partial charge in [-0.1, -0.05) is 6.07 Å². The first-order valence-electron chi connectivity index (χ1n) is 8.09. The Morgan fingerprint density at radius 3 is 2.41 bits per heavy atom. The van der Waals surface area contributed by atoms with Crippen LogP contribution < -0.4 is 5.73 Å². The highest BCUT2D eigenvalue weighted by atomic mass is 19.4. The summed E-state index contributed by atoms with van der Waals surface area (Å²) in [5.74, 6) is 0.731. The Morgan fingerprint density at radius 2 is 1.73 bits per heavy atom. The Hall–Kier alpha value is -1.07. The molecule has 1 heterocycles. The van der Waals surface area contributed by atoms with E-state index in [1.807, 2.05) is 0 Å². The fraction of sp³-hybridized carbons (Fsp3) is 0.647. The van der Waals surface area contributed by atoms with E-state index in [0.29, 0.717) is 12.6 Å². The van der Waals surface area contributed by atoms with Crippen molar-refractivity contribution in [3.8, 4) is 0 Å². The van der Waals surface area contributed by atoms with Crippen molar-refractivity contribution in [2.24, 2.45) is 11.7 Å². The van der Waals surface area contributed by atoms with Crippen molar-refractivity contribution in [2.45, 2.75) is 57.4 Å². The lowest BCUT2D eigenvalue weighted by Gasteiger charge is -2.27. The van der Waals surface area contributed by atoms with Gasteiger partial charge >= 0.3 is 6.18 Å². The van der Waals surface area contributed by atoms with E-state index in [2.05, 4.69) is 4.90 Å². The molecule has 2 aliphatic rings. The number of benzene rings is 1. The molecule has 1 saturated carbocycles. The smallest absolute Gasteiger partial charge is 0.328 e. The lowest BCUT2D eigenvalue weighted by molar-refractivity contribution is -0.137. The first-order valence-corrected chi connectivity index (χ1v) is 8.09. The summed E-state index contributed by atoms with van der Waals surface area (Å²) in [4.78, 5) is 2.26. The third-order valence-electron chi connectivity index (χ3n) is 5.07. The zero-order valence-corrected chi connectivity index (χ0v) is 12.7. The summed E-state index contributed by atoms with van der Waals surface area (Å²) in [5.41, 5.74) is 7.26. The van der Waals surface area contributed by atoms with E-state index in [9.17, 15) is 13.2 Å². The second-order valence-electron chi connectivity index (χ2n) is 6.76. The molecule has 0 saturated heterocycles. The first kappa shape index (κ1) is 15.8. The average Bonchev–Trinajstić information content (AvgIpc) is 2.87. The molecule has 1 fully saturated rings. The minimum Gasteiger partial charge on any atom is -0.328 e. The third-order valence-corrected chi connectivity index (χ3v) is 5.07. The minimum atomic E-state index is -4.25. The highest BCUT2D eigenvalue weighted by Gasteiger charge is 2.32. The molecule has 1 aromatic carbocycles. The van der Waals surface area contributed by atoms with Gasteiger partial charge in [-0.15, -0.1) is 0 Å². The second-order valence-corrected chi connectivity index (χ2v) is 6.76. The molecule has 0 atom stereocenters. The van der Waals surface area contributed by atoms with E-state index in [0.717, 1.165) is 49.4 Å². The number of nitrogens with two attached hydrogens (primary N) is 1. The van der Waals surface area contributed by atoms with Crippen LogP contribution in [0, 0.1) is 5.92 Å². The van der Waals surface area contributed by atoms with E-state index >= 15 is 0 Å². The minimum absolute atomic E-state index is 0.369. The Morgan fingerprint density at radius 1 is 1.05 bits per heavy atom. The topological polar surface area (TPSA) is 29.3 Å². The van der Waals surface area contributed by atoms with Gasteiger partial charge in [0.1, 0.15) is 0 Å². The molecule has 0 aromatic heterocycles. The van der Waals surface area contributed by atoms with Gasteiger partial charge in [-0.3, -0.25) is 4.90 Å². The fourth-order valence-electron chi connectivity index (χ4n) is 3.64. The van der Waals surface area contributed by atoms with Crippen molar-refractivity contribution < 1.29 is 13.2 Å². The molecule has 1 aliphatic heterocycles. The Kier molecular flexibility index (Phi) is 4.46. The molecule has 2 N–H and O–H groups in total. The van der Waals surface area contributed by atoms with Crippen LogP contribution in [0.5, 0.6) is 0 Å². The maximum Gasteiger partial charge on any atom is 0.416 e. The third kappa shape index (κ3) is 3.63. The van der Waals surface area contributed by atoms with Crippen LogP contribution in [0.25, 0.3) is 0 Å². The molecule has 0 unspecified atom stereocenters. The van der Waals surface area contributed by atoms with Gasteiger partial charge in [0.2, 0.25) is 0 Å². The number of halogens is 3. The molecule has 22 heavy (non-hydrogen) atoms. The Bertz CT molecular complexity index is 519. The van der Waals surface area contributed by atoms with Crippen LogP contribution in [-0.4, -0.2) is 17.5 Å². The molecule has 5 heteroatoms. The number of rotatable bonds is 3. The average molecular weight is 312 g/mol. The van der Waals surface area contributed by atoms with E-state index in [1.54, 1.807) is 6.07 Å². The van der Waals surface area contributed by atoms with Crippen molar-refractivity contribution in [2.75, 3.05) is 6.54 Å². The van der Waals surface area contributed by atoms with Gasteiger partial charge in [0.05, 0.1) is 5.56 Å². The van der Waals surface area contributed by atoms with E-state index in [1.165, 1.54) is 25.0 Å². The largest absolute Gasteiger partial charge is 0.416 e. The van der Waals surface area contributed by atoms with Crippen LogP contribution in [0.3, 0.4) is 0 Å². The van der Waals surface area contributed by atoms with Crippen LogP contribution in [0.15, 0.2) is 18.2 Å². The number of fused-ring (bicyclic) bond motifs is 1.